The number of alkyl halides is 3. The van der Waals surface area contributed by atoms with Crippen LogP contribution in [0.25, 0.3) is 10.9 Å². The van der Waals surface area contributed by atoms with Gasteiger partial charge in [0.15, 0.2) is 0 Å². The van der Waals surface area contributed by atoms with Gasteiger partial charge < -0.3 is 9.64 Å². The number of aromatic nitrogens is 1. The van der Waals surface area contributed by atoms with Crippen LogP contribution in [0.5, 0.6) is 5.75 Å². The predicted molar refractivity (Wildman–Crippen MR) is 99.1 cm³/mol. The molecule has 0 spiro atoms. The largest absolute Gasteiger partial charge is 0.573 e. The molecule has 1 fully saturated rings. The zero-order valence-electron chi connectivity index (χ0n) is 14.6. The maximum Gasteiger partial charge on any atom is 0.573 e. The molecule has 1 aliphatic rings. The second kappa shape index (κ2) is 7.10. The molecule has 2 aromatic carbocycles. The number of rotatable bonds is 3. The van der Waals surface area contributed by atoms with Crippen LogP contribution in [0.3, 0.4) is 0 Å². The quantitative estimate of drug-likeness (QED) is 0.606. The molecule has 4 rings (SSSR count). The molecule has 0 bridgehead atoms. The Labute approximate surface area is 155 Å². The summed E-state index contributed by atoms with van der Waals surface area (Å²) in [6.45, 7) is 1.74. The number of anilines is 1. The molecule has 3 nitrogen and oxygen atoms in total. The highest BCUT2D eigenvalue weighted by Crippen LogP contribution is 2.32. The summed E-state index contributed by atoms with van der Waals surface area (Å²) >= 11 is 0. The van der Waals surface area contributed by atoms with Gasteiger partial charge in [0, 0.05) is 18.5 Å². The molecule has 1 aliphatic heterocycles. The Morgan fingerprint density at radius 1 is 0.889 bits per heavy atom. The molecule has 27 heavy (non-hydrogen) atoms. The monoisotopic (exact) mass is 372 g/mol. The summed E-state index contributed by atoms with van der Waals surface area (Å²) in [6, 6.07) is 18.4. The Morgan fingerprint density at radius 3 is 2.30 bits per heavy atom. The predicted octanol–water partition coefficient (Wildman–Crippen LogP) is 5.52. The van der Waals surface area contributed by atoms with Crippen LogP contribution < -0.4 is 9.64 Å². The molecule has 0 atom stereocenters. The second-order valence-electron chi connectivity index (χ2n) is 6.74. The first kappa shape index (κ1) is 17.6. The molecule has 0 unspecified atom stereocenters. The SMILES string of the molecule is FC(F)(F)Oc1ccc(C2CCN(c3ccc4ccccc4n3)CC2)cc1. The first-order valence-corrected chi connectivity index (χ1v) is 8.94. The topological polar surface area (TPSA) is 25.4 Å². The summed E-state index contributed by atoms with van der Waals surface area (Å²) in [4.78, 5) is 7.01. The number of hydrogen-bond acceptors (Lipinski definition) is 3. The van der Waals surface area contributed by atoms with E-state index in [4.69, 9.17) is 4.98 Å². The molecule has 0 radical (unpaired) electrons. The maximum absolute atomic E-state index is 12.3. The number of piperidine rings is 1. The number of fused-ring (bicyclic) bond motifs is 1. The minimum atomic E-state index is -4.65. The number of hydrogen-bond donors (Lipinski definition) is 0. The number of halogens is 3. The number of para-hydroxylation sites is 1. The van der Waals surface area contributed by atoms with Crippen molar-refractivity contribution in [2.75, 3.05) is 18.0 Å². The van der Waals surface area contributed by atoms with Crippen molar-refractivity contribution in [2.24, 2.45) is 0 Å². The lowest BCUT2D eigenvalue weighted by Crippen LogP contribution is -2.33. The van der Waals surface area contributed by atoms with Crippen LogP contribution in [-0.4, -0.2) is 24.4 Å². The van der Waals surface area contributed by atoms with E-state index in [1.165, 1.54) is 12.1 Å². The Bertz CT molecular complexity index is 917. The van der Waals surface area contributed by atoms with Gasteiger partial charge in [-0.05, 0) is 54.7 Å². The van der Waals surface area contributed by atoms with Gasteiger partial charge in [-0.1, -0.05) is 30.3 Å². The molecule has 140 valence electrons. The lowest BCUT2D eigenvalue weighted by atomic mass is 9.89. The minimum absolute atomic E-state index is 0.177. The van der Waals surface area contributed by atoms with Gasteiger partial charge in [0.25, 0.3) is 0 Å². The fraction of sp³-hybridized carbons (Fsp3) is 0.286. The van der Waals surface area contributed by atoms with E-state index in [-0.39, 0.29) is 5.75 Å². The first-order chi connectivity index (χ1) is 13.0. The fourth-order valence-corrected chi connectivity index (χ4v) is 3.61. The van der Waals surface area contributed by atoms with Crippen molar-refractivity contribution in [2.45, 2.75) is 25.1 Å². The van der Waals surface area contributed by atoms with Gasteiger partial charge in [-0.2, -0.15) is 0 Å². The van der Waals surface area contributed by atoms with E-state index in [1.54, 1.807) is 12.1 Å². The minimum Gasteiger partial charge on any atom is -0.406 e. The third-order valence-corrected chi connectivity index (χ3v) is 4.99. The van der Waals surface area contributed by atoms with Crippen LogP contribution in [0.4, 0.5) is 19.0 Å². The molecule has 0 N–H and O–H groups in total. The van der Waals surface area contributed by atoms with Crippen LogP contribution in [0.15, 0.2) is 60.7 Å². The number of nitrogens with zero attached hydrogens (tertiary/aromatic N) is 2. The van der Waals surface area contributed by atoms with E-state index in [0.29, 0.717) is 5.92 Å². The van der Waals surface area contributed by atoms with Crippen LogP contribution in [-0.2, 0) is 0 Å². The van der Waals surface area contributed by atoms with E-state index < -0.39 is 6.36 Å². The average molecular weight is 372 g/mol. The molecule has 2 heterocycles. The number of benzene rings is 2. The van der Waals surface area contributed by atoms with Gasteiger partial charge >= 0.3 is 6.36 Å². The average Bonchev–Trinajstić information content (AvgIpc) is 2.67. The van der Waals surface area contributed by atoms with Crippen molar-refractivity contribution in [3.63, 3.8) is 0 Å². The van der Waals surface area contributed by atoms with Crippen LogP contribution in [0.1, 0.15) is 24.3 Å². The van der Waals surface area contributed by atoms with E-state index >= 15 is 0 Å². The van der Waals surface area contributed by atoms with Crippen LogP contribution in [0, 0.1) is 0 Å². The lowest BCUT2D eigenvalue weighted by Gasteiger charge is -2.33. The van der Waals surface area contributed by atoms with Crippen LogP contribution >= 0.6 is 0 Å². The van der Waals surface area contributed by atoms with E-state index in [2.05, 4.69) is 15.7 Å². The third-order valence-electron chi connectivity index (χ3n) is 4.99. The number of pyridine rings is 1. The van der Waals surface area contributed by atoms with Crippen molar-refractivity contribution in [3.8, 4) is 5.75 Å². The fourth-order valence-electron chi connectivity index (χ4n) is 3.61. The molecule has 0 amide bonds. The summed E-state index contributed by atoms with van der Waals surface area (Å²) in [5.41, 5.74) is 2.04. The molecular weight excluding hydrogens is 353 g/mol. The van der Waals surface area contributed by atoms with E-state index in [1.807, 2.05) is 30.3 Å². The van der Waals surface area contributed by atoms with Crippen molar-refractivity contribution in [1.82, 2.24) is 4.98 Å². The smallest absolute Gasteiger partial charge is 0.406 e. The zero-order chi connectivity index (χ0) is 18.9. The summed E-state index contributed by atoms with van der Waals surface area (Å²) < 4.78 is 40.7. The van der Waals surface area contributed by atoms with E-state index in [0.717, 1.165) is 48.2 Å². The van der Waals surface area contributed by atoms with Gasteiger partial charge in [0.1, 0.15) is 11.6 Å². The van der Waals surface area contributed by atoms with Gasteiger partial charge in [0.2, 0.25) is 0 Å². The zero-order valence-corrected chi connectivity index (χ0v) is 14.6. The first-order valence-electron chi connectivity index (χ1n) is 8.94. The van der Waals surface area contributed by atoms with Gasteiger partial charge in [-0.3, -0.25) is 0 Å². The standard InChI is InChI=1S/C21H19F3N2O/c22-21(23,24)27-18-8-5-15(6-9-18)16-11-13-26(14-12-16)20-10-7-17-3-1-2-4-19(17)25-20/h1-10,16H,11-14H2. The Kier molecular flexibility index (Phi) is 4.64. The van der Waals surface area contributed by atoms with Crippen molar-refractivity contribution < 1.29 is 17.9 Å². The molecule has 6 heteroatoms. The van der Waals surface area contributed by atoms with E-state index in [9.17, 15) is 13.2 Å². The van der Waals surface area contributed by atoms with Gasteiger partial charge in [-0.15, -0.1) is 13.2 Å². The summed E-state index contributed by atoms with van der Waals surface area (Å²) in [6.07, 6.45) is -2.78. The lowest BCUT2D eigenvalue weighted by molar-refractivity contribution is -0.274. The van der Waals surface area contributed by atoms with Crippen molar-refractivity contribution >= 4 is 16.7 Å². The second-order valence-corrected chi connectivity index (χ2v) is 6.74. The summed E-state index contributed by atoms with van der Waals surface area (Å²) in [7, 11) is 0. The normalized spacial score (nSPS) is 15.9. The summed E-state index contributed by atoms with van der Waals surface area (Å²) in [5.74, 6) is 1.13. The molecule has 3 aromatic rings. The highest BCUT2D eigenvalue weighted by Gasteiger charge is 2.31. The molecule has 0 saturated carbocycles. The molecular formula is C21H19F3N2O. The van der Waals surface area contributed by atoms with Crippen molar-refractivity contribution in [1.29, 1.82) is 0 Å². The Balaban J connectivity index is 1.40. The van der Waals surface area contributed by atoms with Gasteiger partial charge in [0.05, 0.1) is 5.52 Å². The van der Waals surface area contributed by atoms with Crippen LogP contribution in [0.2, 0.25) is 0 Å². The molecule has 0 aliphatic carbocycles. The highest BCUT2D eigenvalue weighted by molar-refractivity contribution is 5.80. The van der Waals surface area contributed by atoms with Crippen molar-refractivity contribution in [3.05, 3.63) is 66.2 Å². The molecule has 1 saturated heterocycles. The number of ether oxygens (including phenoxy) is 1. The van der Waals surface area contributed by atoms with Gasteiger partial charge in [-0.25, -0.2) is 4.98 Å². The molecule has 1 aromatic heterocycles. The third kappa shape index (κ3) is 4.15. The maximum atomic E-state index is 12.3. The Hall–Kier alpha value is -2.76. The Morgan fingerprint density at radius 2 is 1.59 bits per heavy atom. The summed E-state index contributed by atoms with van der Waals surface area (Å²) in [5, 5.41) is 1.12. The highest BCUT2D eigenvalue weighted by atomic mass is 19.4.